The molecule has 1 N–H and O–H groups in total. The highest BCUT2D eigenvalue weighted by atomic mass is 16.3. The molecule has 0 radical (unpaired) electrons. The monoisotopic (exact) mass is 236 g/mol. The van der Waals surface area contributed by atoms with Gasteiger partial charge < -0.3 is 9.73 Å². The van der Waals surface area contributed by atoms with Crippen molar-refractivity contribution in [2.24, 2.45) is 0 Å². The zero-order valence-corrected chi connectivity index (χ0v) is 11.4. The van der Waals surface area contributed by atoms with Gasteiger partial charge in [0.2, 0.25) is 0 Å². The molecule has 3 heteroatoms. The molecule has 0 aromatic carbocycles. The van der Waals surface area contributed by atoms with E-state index in [9.17, 15) is 0 Å². The third kappa shape index (κ3) is 3.11. The van der Waals surface area contributed by atoms with Gasteiger partial charge in [-0.15, -0.1) is 0 Å². The van der Waals surface area contributed by atoms with Gasteiger partial charge in [-0.2, -0.15) is 0 Å². The summed E-state index contributed by atoms with van der Waals surface area (Å²) in [6, 6.07) is 4.76. The molecule has 2 heterocycles. The first-order valence-corrected chi connectivity index (χ1v) is 6.54. The lowest BCUT2D eigenvalue weighted by molar-refractivity contribution is 0.0791. The zero-order valence-electron chi connectivity index (χ0n) is 11.4. The molecule has 2 rings (SSSR count). The highest BCUT2D eigenvalue weighted by Crippen LogP contribution is 2.20. The average molecular weight is 236 g/mol. The van der Waals surface area contributed by atoms with Crippen LogP contribution in [-0.2, 0) is 6.54 Å². The molecule has 0 amide bonds. The molecule has 1 saturated heterocycles. The van der Waals surface area contributed by atoms with Crippen LogP contribution in [0.25, 0.3) is 0 Å². The van der Waals surface area contributed by atoms with Crippen LogP contribution in [0.3, 0.4) is 0 Å². The van der Waals surface area contributed by atoms with Gasteiger partial charge in [0.05, 0.1) is 6.54 Å². The molecule has 0 spiro atoms. The van der Waals surface area contributed by atoms with Gasteiger partial charge in [-0.1, -0.05) is 6.92 Å². The van der Waals surface area contributed by atoms with E-state index >= 15 is 0 Å². The van der Waals surface area contributed by atoms with E-state index in [-0.39, 0.29) is 5.54 Å². The minimum Gasteiger partial charge on any atom is -0.465 e. The van der Waals surface area contributed by atoms with Crippen LogP contribution in [0.2, 0.25) is 0 Å². The number of hydrogen-bond donors (Lipinski definition) is 1. The Morgan fingerprint density at radius 3 is 2.82 bits per heavy atom. The molecular weight excluding hydrogens is 212 g/mol. The van der Waals surface area contributed by atoms with Gasteiger partial charge >= 0.3 is 0 Å². The van der Waals surface area contributed by atoms with Crippen LogP contribution in [0.4, 0.5) is 0 Å². The first-order valence-electron chi connectivity index (χ1n) is 6.54. The van der Waals surface area contributed by atoms with Crippen molar-refractivity contribution in [2.75, 3.05) is 13.1 Å². The summed E-state index contributed by atoms with van der Waals surface area (Å²) in [5.41, 5.74) is 0.202. The molecule has 1 fully saturated rings. The third-order valence-corrected chi connectivity index (χ3v) is 3.56. The number of hydrogen-bond acceptors (Lipinski definition) is 3. The van der Waals surface area contributed by atoms with Gasteiger partial charge in [-0.25, -0.2) is 0 Å². The molecule has 3 nitrogen and oxygen atoms in total. The predicted molar refractivity (Wildman–Crippen MR) is 70.0 cm³/mol. The van der Waals surface area contributed by atoms with Crippen molar-refractivity contribution in [3.63, 3.8) is 0 Å². The highest BCUT2D eigenvalue weighted by Gasteiger charge is 2.31. The van der Waals surface area contributed by atoms with Crippen molar-refractivity contribution in [1.82, 2.24) is 10.2 Å². The van der Waals surface area contributed by atoms with Crippen molar-refractivity contribution in [3.05, 3.63) is 23.7 Å². The Kier molecular flexibility index (Phi) is 3.59. The standard InChI is InChI=1S/C14H24N2O/c1-5-12-8-15-14(3,4)10-16(12)9-13-7-6-11(2)17-13/h6-7,12,15H,5,8-10H2,1-4H3. The number of furan rings is 1. The van der Waals surface area contributed by atoms with Crippen LogP contribution in [0.15, 0.2) is 16.5 Å². The first kappa shape index (κ1) is 12.7. The van der Waals surface area contributed by atoms with E-state index in [0.717, 1.165) is 31.2 Å². The summed E-state index contributed by atoms with van der Waals surface area (Å²) < 4.78 is 5.69. The number of piperazine rings is 1. The Hall–Kier alpha value is -0.800. The Labute approximate surface area is 104 Å². The van der Waals surface area contributed by atoms with Gasteiger partial charge in [-0.05, 0) is 39.3 Å². The number of aryl methyl sites for hydroxylation is 1. The Bertz CT molecular complexity index is 370. The molecule has 0 saturated carbocycles. The minimum atomic E-state index is 0.202. The molecule has 17 heavy (non-hydrogen) atoms. The van der Waals surface area contributed by atoms with E-state index in [1.807, 2.05) is 13.0 Å². The average Bonchev–Trinajstić information content (AvgIpc) is 2.63. The van der Waals surface area contributed by atoms with Crippen LogP contribution < -0.4 is 5.32 Å². The summed E-state index contributed by atoms with van der Waals surface area (Å²) in [5.74, 6) is 2.08. The summed E-state index contributed by atoms with van der Waals surface area (Å²) in [5, 5.41) is 3.61. The first-order chi connectivity index (χ1) is 8.00. The molecule has 1 aromatic heterocycles. The van der Waals surface area contributed by atoms with Crippen molar-refractivity contribution in [1.29, 1.82) is 0 Å². The second-order valence-electron chi connectivity index (χ2n) is 5.74. The minimum absolute atomic E-state index is 0.202. The lowest BCUT2D eigenvalue weighted by atomic mass is 9.97. The Balaban J connectivity index is 2.05. The largest absolute Gasteiger partial charge is 0.465 e. The Morgan fingerprint density at radius 2 is 2.24 bits per heavy atom. The van der Waals surface area contributed by atoms with Crippen molar-refractivity contribution in [3.8, 4) is 0 Å². The topological polar surface area (TPSA) is 28.4 Å². The maximum Gasteiger partial charge on any atom is 0.118 e. The molecule has 1 aliphatic heterocycles. The Morgan fingerprint density at radius 1 is 1.47 bits per heavy atom. The summed E-state index contributed by atoms with van der Waals surface area (Å²) in [4.78, 5) is 2.54. The lowest BCUT2D eigenvalue weighted by Crippen LogP contribution is -2.60. The molecule has 1 aromatic rings. The van der Waals surface area contributed by atoms with E-state index in [1.165, 1.54) is 6.42 Å². The number of rotatable bonds is 3. The van der Waals surface area contributed by atoms with Crippen LogP contribution in [0, 0.1) is 6.92 Å². The quantitative estimate of drug-likeness (QED) is 0.874. The molecule has 1 unspecified atom stereocenters. The van der Waals surface area contributed by atoms with E-state index in [4.69, 9.17) is 4.42 Å². The highest BCUT2D eigenvalue weighted by molar-refractivity contribution is 5.06. The third-order valence-electron chi connectivity index (χ3n) is 3.56. The molecule has 1 aliphatic rings. The van der Waals surface area contributed by atoms with Gasteiger partial charge in [0.15, 0.2) is 0 Å². The van der Waals surface area contributed by atoms with E-state index < -0.39 is 0 Å². The fourth-order valence-electron chi connectivity index (χ4n) is 2.57. The fourth-order valence-corrected chi connectivity index (χ4v) is 2.57. The van der Waals surface area contributed by atoms with Gasteiger partial charge in [0, 0.05) is 24.7 Å². The van der Waals surface area contributed by atoms with Gasteiger partial charge in [0.1, 0.15) is 11.5 Å². The van der Waals surface area contributed by atoms with Gasteiger partial charge in [-0.3, -0.25) is 4.90 Å². The van der Waals surface area contributed by atoms with Crippen LogP contribution >= 0.6 is 0 Å². The number of nitrogens with zero attached hydrogens (tertiary/aromatic N) is 1. The molecule has 1 atom stereocenters. The maximum atomic E-state index is 5.69. The second kappa shape index (κ2) is 4.83. The summed E-state index contributed by atoms with van der Waals surface area (Å²) in [6.07, 6.45) is 1.18. The smallest absolute Gasteiger partial charge is 0.118 e. The molecular formula is C14H24N2O. The van der Waals surface area contributed by atoms with Crippen molar-refractivity contribution >= 4 is 0 Å². The van der Waals surface area contributed by atoms with Gasteiger partial charge in [0.25, 0.3) is 0 Å². The predicted octanol–water partition coefficient (Wildman–Crippen LogP) is 2.55. The normalized spacial score (nSPS) is 25.1. The van der Waals surface area contributed by atoms with Crippen LogP contribution in [-0.4, -0.2) is 29.6 Å². The van der Waals surface area contributed by atoms with Crippen molar-refractivity contribution in [2.45, 2.75) is 52.2 Å². The summed E-state index contributed by atoms with van der Waals surface area (Å²) in [7, 11) is 0. The van der Waals surface area contributed by atoms with E-state index in [1.54, 1.807) is 0 Å². The second-order valence-corrected chi connectivity index (χ2v) is 5.74. The molecule has 0 bridgehead atoms. The van der Waals surface area contributed by atoms with E-state index in [0.29, 0.717) is 6.04 Å². The summed E-state index contributed by atoms with van der Waals surface area (Å²) >= 11 is 0. The molecule has 0 aliphatic carbocycles. The van der Waals surface area contributed by atoms with Crippen molar-refractivity contribution < 1.29 is 4.42 Å². The SMILES string of the molecule is CCC1CNC(C)(C)CN1Cc1ccc(C)o1. The van der Waals surface area contributed by atoms with Crippen LogP contribution in [0.1, 0.15) is 38.7 Å². The summed E-state index contributed by atoms with van der Waals surface area (Å²) in [6.45, 7) is 11.9. The lowest BCUT2D eigenvalue weighted by Gasteiger charge is -2.44. The maximum absolute atomic E-state index is 5.69. The molecule has 96 valence electrons. The van der Waals surface area contributed by atoms with Crippen LogP contribution in [0.5, 0.6) is 0 Å². The number of nitrogens with one attached hydrogen (secondary N) is 1. The fraction of sp³-hybridized carbons (Fsp3) is 0.714. The van der Waals surface area contributed by atoms with E-state index in [2.05, 4.69) is 37.1 Å². The zero-order chi connectivity index (χ0) is 12.5.